The monoisotopic (exact) mass is 348 g/mol. The molecule has 0 saturated heterocycles. The van der Waals surface area contributed by atoms with Crippen LogP contribution in [-0.2, 0) is 24.3 Å². The maximum Gasteiger partial charge on any atom is 0.327 e. The van der Waals surface area contributed by atoms with E-state index in [1.165, 1.54) is 31.1 Å². The van der Waals surface area contributed by atoms with Gasteiger partial charge < -0.3 is 9.64 Å². The number of benzene rings is 1. The summed E-state index contributed by atoms with van der Waals surface area (Å²) in [6.45, 7) is -0.987. The fraction of sp³-hybridized carbons (Fsp3) is 0.385. The second-order valence-corrected chi connectivity index (χ2v) is 7.04. The largest absolute Gasteiger partial charge is 0.454 e. The number of hydrogen-bond donors (Lipinski definition) is 0. The van der Waals surface area contributed by atoms with E-state index in [0.29, 0.717) is 5.02 Å². The molecule has 0 fully saturated rings. The Balaban J connectivity index is 2.84. The van der Waals surface area contributed by atoms with Crippen LogP contribution in [0.1, 0.15) is 0 Å². The Labute approximate surface area is 134 Å². The molecule has 0 spiro atoms. The molecular formula is C13H17ClN2O5S. The van der Waals surface area contributed by atoms with E-state index in [1.807, 2.05) is 0 Å². The van der Waals surface area contributed by atoms with Crippen molar-refractivity contribution in [2.45, 2.75) is 0 Å². The van der Waals surface area contributed by atoms with Crippen LogP contribution in [0.15, 0.2) is 24.3 Å². The summed E-state index contributed by atoms with van der Waals surface area (Å²) in [4.78, 5) is 24.4. The van der Waals surface area contributed by atoms with Crippen LogP contribution in [0.2, 0.25) is 5.02 Å². The first kappa shape index (κ1) is 18.2. The molecule has 22 heavy (non-hydrogen) atoms. The standard InChI is InChI=1S/C13H17ClN2O5S/c1-15(2)12(17)9-21-13(18)8-16(22(3,19)20)11-6-4-5-10(14)7-11/h4-7H,8-9H2,1-3H3. The summed E-state index contributed by atoms with van der Waals surface area (Å²) in [6.07, 6.45) is 0.964. The molecule has 0 radical (unpaired) electrons. The molecule has 1 rings (SSSR count). The molecule has 0 aromatic heterocycles. The second-order valence-electron chi connectivity index (χ2n) is 4.70. The summed E-state index contributed by atoms with van der Waals surface area (Å²) in [7, 11) is -0.669. The zero-order chi connectivity index (χ0) is 16.9. The summed E-state index contributed by atoms with van der Waals surface area (Å²) in [6, 6.07) is 6.07. The third kappa shape index (κ3) is 5.53. The molecule has 9 heteroatoms. The third-order valence-corrected chi connectivity index (χ3v) is 4.00. The van der Waals surface area contributed by atoms with Gasteiger partial charge in [0.15, 0.2) is 6.61 Å². The predicted octanol–water partition coefficient (Wildman–Crippen LogP) is 0.737. The fourth-order valence-corrected chi connectivity index (χ4v) is 2.49. The molecule has 0 aliphatic carbocycles. The van der Waals surface area contributed by atoms with Crippen LogP contribution < -0.4 is 4.31 Å². The summed E-state index contributed by atoms with van der Waals surface area (Å²) in [5.74, 6) is -1.23. The highest BCUT2D eigenvalue weighted by Gasteiger charge is 2.22. The van der Waals surface area contributed by atoms with E-state index in [-0.39, 0.29) is 5.69 Å². The molecule has 1 aromatic carbocycles. The minimum Gasteiger partial charge on any atom is -0.454 e. The van der Waals surface area contributed by atoms with Crippen molar-refractivity contribution in [1.82, 2.24) is 4.90 Å². The van der Waals surface area contributed by atoms with E-state index < -0.39 is 35.1 Å². The molecule has 0 aliphatic heterocycles. The van der Waals surface area contributed by atoms with Gasteiger partial charge in [-0.15, -0.1) is 0 Å². The van der Waals surface area contributed by atoms with E-state index in [9.17, 15) is 18.0 Å². The lowest BCUT2D eigenvalue weighted by Crippen LogP contribution is -2.37. The van der Waals surface area contributed by atoms with Crippen molar-refractivity contribution in [3.05, 3.63) is 29.3 Å². The molecular weight excluding hydrogens is 332 g/mol. The van der Waals surface area contributed by atoms with Crippen molar-refractivity contribution in [2.24, 2.45) is 0 Å². The van der Waals surface area contributed by atoms with Crippen molar-refractivity contribution in [2.75, 3.05) is 37.8 Å². The molecule has 0 bridgehead atoms. The SMILES string of the molecule is CN(C)C(=O)COC(=O)CN(c1cccc(Cl)c1)S(C)(=O)=O. The van der Waals surface area contributed by atoms with Gasteiger partial charge >= 0.3 is 5.97 Å². The zero-order valence-electron chi connectivity index (χ0n) is 12.4. The van der Waals surface area contributed by atoms with Crippen molar-refractivity contribution in [3.63, 3.8) is 0 Å². The summed E-state index contributed by atoms with van der Waals surface area (Å²) in [5, 5.41) is 0.335. The number of rotatable bonds is 6. The highest BCUT2D eigenvalue weighted by Crippen LogP contribution is 2.21. The number of anilines is 1. The molecule has 0 heterocycles. The van der Waals surface area contributed by atoms with Gasteiger partial charge in [0, 0.05) is 19.1 Å². The normalized spacial score (nSPS) is 10.9. The van der Waals surface area contributed by atoms with Gasteiger partial charge in [0.2, 0.25) is 10.0 Å². The van der Waals surface area contributed by atoms with Gasteiger partial charge in [0.1, 0.15) is 6.54 Å². The molecule has 0 unspecified atom stereocenters. The lowest BCUT2D eigenvalue weighted by molar-refractivity contribution is -0.149. The van der Waals surface area contributed by atoms with Gasteiger partial charge in [-0.2, -0.15) is 0 Å². The topological polar surface area (TPSA) is 84.0 Å². The van der Waals surface area contributed by atoms with Crippen LogP contribution in [0.4, 0.5) is 5.69 Å². The summed E-state index contributed by atoms with van der Waals surface area (Å²) < 4.78 is 29.3. The van der Waals surface area contributed by atoms with E-state index in [4.69, 9.17) is 16.3 Å². The van der Waals surface area contributed by atoms with Crippen LogP contribution in [0.5, 0.6) is 0 Å². The minimum absolute atomic E-state index is 0.242. The van der Waals surface area contributed by atoms with Gasteiger partial charge in [-0.3, -0.25) is 13.9 Å². The van der Waals surface area contributed by atoms with Crippen LogP contribution in [0.3, 0.4) is 0 Å². The maximum atomic E-state index is 11.8. The maximum absolute atomic E-state index is 11.8. The molecule has 1 aromatic rings. The first-order valence-corrected chi connectivity index (χ1v) is 8.43. The van der Waals surface area contributed by atoms with Gasteiger partial charge in [0.25, 0.3) is 5.91 Å². The number of halogens is 1. The molecule has 7 nitrogen and oxygen atoms in total. The summed E-state index contributed by atoms with van der Waals surface area (Å²) >= 11 is 5.83. The average molecular weight is 349 g/mol. The number of ether oxygens (including phenoxy) is 1. The molecule has 0 N–H and O–H groups in total. The van der Waals surface area contributed by atoms with Gasteiger partial charge in [0.05, 0.1) is 11.9 Å². The second kappa shape index (κ2) is 7.46. The Hall–Kier alpha value is -1.80. The Kier molecular flexibility index (Phi) is 6.19. The van der Waals surface area contributed by atoms with E-state index in [1.54, 1.807) is 12.1 Å². The number of amides is 1. The fourth-order valence-electron chi connectivity index (χ4n) is 1.47. The first-order chi connectivity index (χ1) is 10.1. The minimum atomic E-state index is -3.71. The molecule has 0 atom stereocenters. The van der Waals surface area contributed by atoms with Crippen LogP contribution in [-0.4, -0.2) is 58.7 Å². The number of carbonyl (C=O) groups excluding carboxylic acids is 2. The average Bonchev–Trinajstić information content (AvgIpc) is 2.40. The number of hydrogen-bond acceptors (Lipinski definition) is 5. The van der Waals surface area contributed by atoms with E-state index in [2.05, 4.69) is 0 Å². The number of nitrogens with zero attached hydrogens (tertiary/aromatic N) is 2. The smallest absolute Gasteiger partial charge is 0.327 e. The van der Waals surface area contributed by atoms with Crippen LogP contribution in [0.25, 0.3) is 0 Å². The first-order valence-electron chi connectivity index (χ1n) is 6.20. The lowest BCUT2D eigenvalue weighted by atomic mass is 10.3. The number of carbonyl (C=O) groups is 2. The number of sulfonamides is 1. The number of likely N-dealkylation sites (N-methyl/N-ethyl adjacent to an activating group) is 1. The molecule has 122 valence electrons. The third-order valence-electron chi connectivity index (χ3n) is 2.62. The van der Waals surface area contributed by atoms with E-state index >= 15 is 0 Å². The van der Waals surface area contributed by atoms with E-state index in [0.717, 1.165) is 10.6 Å². The van der Waals surface area contributed by atoms with Crippen molar-refractivity contribution in [1.29, 1.82) is 0 Å². The van der Waals surface area contributed by atoms with Crippen molar-refractivity contribution in [3.8, 4) is 0 Å². The number of esters is 1. The molecule has 0 saturated carbocycles. The molecule has 1 amide bonds. The van der Waals surface area contributed by atoms with Crippen molar-refractivity contribution < 1.29 is 22.7 Å². The van der Waals surface area contributed by atoms with Crippen molar-refractivity contribution >= 4 is 39.2 Å². The Bertz CT molecular complexity index is 660. The van der Waals surface area contributed by atoms with Gasteiger partial charge in [-0.25, -0.2) is 8.42 Å². The highest BCUT2D eigenvalue weighted by molar-refractivity contribution is 7.92. The Morgan fingerprint density at radius 1 is 1.27 bits per heavy atom. The van der Waals surface area contributed by atoms with Gasteiger partial charge in [-0.1, -0.05) is 17.7 Å². The van der Waals surface area contributed by atoms with Crippen LogP contribution >= 0.6 is 11.6 Å². The Morgan fingerprint density at radius 2 is 1.91 bits per heavy atom. The van der Waals surface area contributed by atoms with Crippen LogP contribution in [0, 0.1) is 0 Å². The highest BCUT2D eigenvalue weighted by atomic mass is 35.5. The summed E-state index contributed by atoms with van der Waals surface area (Å²) in [5.41, 5.74) is 0.242. The van der Waals surface area contributed by atoms with Gasteiger partial charge in [-0.05, 0) is 18.2 Å². The zero-order valence-corrected chi connectivity index (χ0v) is 14.0. The Morgan fingerprint density at radius 3 is 2.41 bits per heavy atom. The predicted molar refractivity (Wildman–Crippen MR) is 83.3 cm³/mol. The quantitative estimate of drug-likeness (QED) is 0.708. The molecule has 0 aliphatic rings. The lowest BCUT2D eigenvalue weighted by Gasteiger charge is -2.21.